The summed E-state index contributed by atoms with van der Waals surface area (Å²) in [5, 5.41) is 16.5. The van der Waals surface area contributed by atoms with Crippen molar-refractivity contribution in [1.29, 1.82) is 0 Å². The summed E-state index contributed by atoms with van der Waals surface area (Å²) in [5.74, 6) is 1.54. The van der Waals surface area contributed by atoms with E-state index in [9.17, 15) is 5.11 Å². The highest BCUT2D eigenvalue weighted by atomic mass is 16.3. The highest BCUT2D eigenvalue weighted by Crippen LogP contribution is 2.14. The van der Waals surface area contributed by atoms with Crippen molar-refractivity contribution in [3.8, 4) is 0 Å². The van der Waals surface area contributed by atoms with Crippen LogP contribution in [0.5, 0.6) is 0 Å². The first kappa shape index (κ1) is 16.1. The molecule has 0 aliphatic carbocycles. The maximum Gasteiger partial charge on any atom is 0.191 e. The summed E-state index contributed by atoms with van der Waals surface area (Å²) >= 11 is 0. The van der Waals surface area contributed by atoms with Gasteiger partial charge < -0.3 is 20.2 Å². The van der Waals surface area contributed by atoms with Gasteiger partial charge in [0.1, 0.15) is 12.3 Å². The molecule has 0 fully saturated rings. The Morgan fingerprint density at radius 1 is 1.18 bits per heavy atom. The third-order valence-electron chi connectivity index (χ3n) is 3.21. The predicted octanol–water partition coefficient (Wildman–Crippen LogP) is 2.46. The fourth-order valence-corrected chi connectivity index (χ4v) is 2.07. The molecule has 2 rings (SSSR count). The van der Waals surface area contributed by atoms with E-state index in [1.54, 1.807) is 6.26 Å². The van der Waals surface area contributed by atoms with Crippen LogP contribution in [0.2, 0.25) is 0 Å². The quantitative estimate of drug-likeness (QED) is 0.543. The minimum atomic E-state index is -0.471. The highest BCUT2D eigenvalue weighted by molar-refractivity contribution is 5.79. The normalized spacial score (nSPS) is 12.9. The molecule has 0 radical (unpaired) electrons. The van der Waals surface area contributed by atoms with Crippen molar-refractivity contribution in [2.24, 2.45) is 4.99 Å². The molecular weight excluding hydrogens is 278 g/mol. The number of guanidine groups is 1. The van der Waals surface area contributed by atoms with Crippen LogP contribution >= 0.6 is 0 Å². The van der Waals surface area contributed by atoms with E-state index in [2.05, 4.69) is 15.6 Å². The first-order valence-corrected chi connectivity index (χ1v) is 7.57. The summed E-state index contributed by atoms with van der Waals surface area (Å²) in [6.07, 6.45) is 1.79. The van der Waals surface area contributed by atoms with Gasteiger partial charge in [0.05, 0.1) is 12.4 Å². The molecule has 0 saturated heterocycles. The Balaban J connectivity index is 1.80. The number of hydrogen-bond donors (Lipinski definition) is 3. The summed E-state index contributed by atoms with van der Waals surface area (Å²) in [6.45, 7) is 3.93. The largest absolute Gasteiger partial charge is 0.467 e. The van der Waals surface area contributed by atoms with Crippen molar-refractivity contribution in [3.05, 3.63) is 60.1 Å². The molecule has 5 heteroatoms. The molecule has 0 spiro atoms. The van der Waals surface area contributed by atoms with Gasteiger partial charge >= 0.3 is 0 Å². The van der Waals surface area contributed by atoms with Crippen molar-refractivity contribution >= 4 is 5.96 Å². The van der Waals surface area contributed by atoms with Crippen LogP contribution in [0.3, 0.4) is 0 Å². The SMILES string of the molecule is CCNC(=NCc1ccco1)NCCC(O)c1ccccc1. The van der Waals surface area contributed by atoms with E-state index in [1.807, 2.05) is 49.4 Å². The van der Waals surface area contributed by atoms with Crippen LogP contribution in [-0.4, -0.2) is 24.2 Å². The van der Waals surface area contributed by atoms with E-state index in [0.29, 0.717) is 19.5 Å². The zero-order chi connectivity index (χ0) is 15.6. The Bertz CT molecular complexity index is 553. The molecule has 0 bridgehead atoms. The van der Waals surface area contributed by atoms with Crippen molar-refractivity contribution < 1.29 is 9.52 Å². The molecule has 1 aromatic heterocycles. The van der Waals surface area contributed by atoms with Gasteiger partial charge in [0.2, 0.25) is 0 Å². The van der Waals surface area contributed by atoms with E-state index in [4.69, 9.17) is 4.42 Å². The number of aliphatic hydroxyl groups is 1. The minimum absolute atomic E-state index is 0.471. The predicted molar refractivity (Wildman–Crippen MR) is 87.5 cm³/mol. The summed E-state index contributed by atoms with van der Waals surface area (Å²) in [6, 6.07) is 13.4. The maximum absolute atomic E-state index is 10.1. The van der Waals surface area contributed by atoms with Crippen LogP contribution in [0.25, 0.3) is 0 Å². The van der Waals surface area contributed by atoms with Gasteiger partial charge in [-0.25, -0.2) is 4.99 Å². The molecule has 118 valence electrons. The summed E-state index contributed by atoms with van der Waals surface area (Å²) in [4.78, 5) is 4.44. The Labute approximate surface area is 131 Å². The molecular formula is C17H23N3O2. The lowest BCUT2D eigenvalue weighted by molar-refractivity contribution is 0.168. The van der Waals surface area contributed by atoms with Crippen LogP contribution in [-0.2, 0) is 6.54 Å². The molecule has 22 heavy (non-hydrogen) atoms. The second-order valence-electron chi connectivity index (χ2n) is 4.92. The fourth-order valence-electron chi connectivity index (χ4n) is 2.07. The monoisotopic (exact) mass is 301 g/mol. The molecule has 3 N–H and O–H groups in total. The molecule has 0 aliphatic rings. The molecule has 1 unspecified atom stereocenters. The number of aliphatic hydroxyl groups excluding tert-OH is 1. The van der Waals surface area contributed by atoms with E-state index in [1.165, 1.54) is 0 Å². The molecule has 1 heterocycles. The molecule has 5 nitrogen and oxygen atoms in total. The molecule has 0 aliphatic heterocycles. The Morgan fingerprint density at radius 3 is 2.68 bits per heavy atom. The van der Waals surface area contributed by atoms with Gasteiger partial charge in [-0.05, 0) is 31.0 Å². The van der Waals surface area contributed by atoms with E-state index in [-0.39, 0.29) is 0 Å². The Morgan fingerprint density at radius 2 is 2.00 bits per heavy atom. The van der Waals surface area contributed by atoms with Gasteiger partial charge in [-0.1, -0.05) is 30.3 Å². The molecule has 2 aromatic rings. The van der Waals surface area contributed by atoms with Crippen molar-refractivity contribution in [2.75, 3.05) is 13.1 Å². The van der Waals surface area contributed by atoms with E-state index < -0.39 is 6.10 Å². The third kappa shape index (κ3) is 5.26. The summed E-state index contributed by atoms with van der Waals surface area (Å²) in [7, 11) is 0. The lowest BCUT2D eigenvalue weighted by Crippen LogP contribution is -2.38. The summed E-state index contributed by atoms with van der Waals surface area (Å²) in [5.41, 5.74) is 0.932. The van der Waals surface area contributed by atoms with Gasteiger partial charge in [0.15, 0.2) is 5.96 Å². The number of aliphatic imine (C=N–C) groups is 1. The summed E-state index contributed by atoms with van der Waals surface area (Å²) < 4.78 is 5.26. The van der Waals surface area contributed by atoms with Crippen LogP contribution in [0.4, 0.5) is 0 Å². The number of hydrogen-bond acceptors (Lipinski definition) is 3. The van der Waals surface area contributed by atoms with Crippen molar-refractivity contribution in [1.82, 2.24) is 10.6 Å². The molecule has 0 amide bonds. The number of benzene rings is 1. The number of nitrogens with one attached hydrogen (secondary N) is 2. The molecule has 0 saturated carbocycles. The molecule has 1 aromatic carbocycles. The number of furan rings is 1. The topological polar surface area (TPSA) is 69.8 Å². The van der Waals surface area contributed by atoms with Gasteiger partial charge in [0.25, 0.3) is 0 Å². The third-order valence-corrected chi connectivity index (χ3v) is 3.21. The van der Waals surface area contributed by atoms with Gasteiger partial charge in [0, 0.05) is 13.1 Å². The smallest absolute Gasteiger partial charge is 0.191 e. The average Bonchev–Trinajstić information content (AvgIpc) is 3.06. The average molecular weight is 301 g/mol. The molecule has 1 atom stereocenters. The van der Waals surface area contributed by atoms with Crippen molar-refractivity contribution in [2.45, 2.75) is 26.0 Å². The number of rotatable bonds is 7. The zero-order valence-electron chi connectivity index (χ0n) is 12.8. The van der Waals surface area contributed by atoms with Crippen LogP contribution in [0.1, 0.15) is 30.8 Å². The lowest BCUT2D eigenvalue weighted by Gasteiger charge is -2.14. The van der Waals surface area contributed by atoms with Crippen LogP contribution < -0.4 is 10.6 Å². The van der Waals surface area contributed by atoms with E-state index in [0.717, 1.165) is 23.8 Å². The first-order chi connectivity index (χ1) is 10.8. The second-order valence-corrected chi connectivity index (χ2v) is 4.92. The zero-order valence-corrected chi connectivity index (χ0v) is 12.8. The fraction of sp³-hybridized carbons (Fsp3) is 0.353. The van der Waals surface area contributed by atoms with Gasteiger partial charge in [-0.3, -0.25) is 0 Å². The standard InChI is InChI=1S/C17H23N3O2/c1-2-18-17(20-13-15-9-6-12-22-15)19-11-10-16(21)14-7-4-3-5-8-14/h3-9,12,16,21H,2,10-11,13H2,1H3,(H2,18,19,20). The minimum Gasteiger partial charge on any atom is -0.467 e. The second kappa shape index (κ2) is 8.89. The lowest BCUT2D eigenvalue weighted by atomic mass is 10.1. The van der Waals surface area contributed by atoms with E-state index >= 15 is 0 Å². The highest BCUT2D eigenvalue weighted by Gasteiger charge is 2.07. The maximum atomic E-state index is 10.1. The Kier molecular flexibility index (Phi) is 6.51. The number of nitrogens with zero attached hydrogens (tertiary/aromatic N) is 1. The van der Waals surface area contributed by atoms with Gasteiger partial charge in [-0.2, -0.15) is 0 Å². The first-order valence-electron chi connectivity index (χ1n) is 7.57. The van der Waals surface area contributed by atoms with Crippen molar-refractivity contribution in [3.63, 3.8) is 0 Å². The Hall–Kier alpha value is -2.27. The van der Waals surface area contributed by atoms with Crippen LogP contribution in [0.15, 0.2) is 58.1 Å². The van der Waals surface area contributed by atoms with Gasteiger partial charge in [-0.15, -0.1) is 0 Å². The van der Waals surface area contributed by atoms with Crippen LogP contribution in [0, 0.1) is 0 Å².